The van der Waals surface area contributed by atoms with E-state index in [4.69, 9.17) is 0 Å². The second-order valence-electron chi connectivity index (χ2n) is 7.79. The van der Waals surface area contributed by atoms with E-state index in [9.17, 15) is 5.11 Å². The van der Waals surface area contributed by atoms with Crippen LogP contribution in [0.15, 0.2) is 109 Å². The monoisotopic (exact) mass is 423 g/mol. The van der Waals surface area contributed by atoms with Crippen LogP contribution in [-0.2, 0) is 5.41 Å². The summed E-state index contributed by atoms with van der Waals surface area (Å²) in [5, 5.41) is 14.7. The van der Waals surface area contributed by atoms with Gasteiger partial charge < -0.3 is 10.4 Å². The summed E-state index contributed by atoms with van der Waals surface area (Å²) >= 11 is 1.85. The highest BCUT2D eigenvalue weighted by molar-refractivity contribution is 7.99. The topological polar surface area (TPSA) is 32.3 Å². The Balaban J connectivity index is 1.92. The van der Waals surface area contributed by atoms with Crippen molar-refractivity contribution < 1.29 is 5.11 Å². The summed E-state index contributed by atoms with van der Waals surface area (Å²) in [6, 6.07) is 37.9. The molecule has 0 saturated carbocycles. The van der Waals surface area contributed by atoms with Crippen LogP contribution < -0.4 is 5.32 Å². The van der Waals surface area contributed by atoms with Gasteiger partial charge in [-0.15, -0.1) is 11.8 Å². The molecule has 4 aromatic rings. The molecule has 154 valence electrons. The molecule has 1 atom stereocenters. The van der Waals surface area contributed by atoms with Gasteiger partial charge in [-0.1, -0.05) is 103 Å². The van der Waals surface area contributed by atoms with Crippen LogP contribution in [0.1, 0.15) is 33.2 Å². The van der Waals surface area contributed by atoms with Gasteiger partial charge in [-0.3, -0.25) is 0 Å². The fourth-order valence-electron chi connectivity index (χ4n) is 4.80. The summed E-state index contributed by atoms with van der Waals surface area (Å²) in [7, 11) is 0. The molecule has 0 radical (unpaired) electrons. The van der Waals surface area contributed by atoms with Crippen molar-refractivity contribution in [1.29, 1.82) is 0 Å². The molecule has 4 aromatic carbocycles. The van der Waals surface area contributed by atoms with Gasteiger partial charge in [0.15, 0.2) is 0 Å². The van der Waals surface area contributed by atoms with Crippen molar-refractivity contribution in [2.24, 2.45) is 0 Å². The molecule has 1 heterocycles. The lowest BCUT2D eigenvalue weighted by atomic mass is 9.64. The van der Waals surface area contributed by atoms with Crippen LogP contribution in [0.2, 0.25) is 0 Å². The Labute approximate surface area is 188 Å². The molecule has 3 heteroatoms. The Morgan fingerprint density at radius 1 is 0.677 bits per heavy atom. The smallest absolute Gasteiger partial charge is 0.121 e. The molecule has 0 aliphatic carbocycles. The van der Waals surface area contributed by atoms with Gasteiger partial charge in [0, 0.05) is 17.9 Å². The molecule has 0 bridgehead atoms. The van der Waals surface area contributed by atoms with E-state index in [0.29, 0.717) is 5.75 Å². The Morgan fingerprint density at radius 2 is 1.19 bits per heavy atom. The number of phenols is 1. The molecule has 1 aliphatic heterocycles. The predicted octanol–water partition coefficient (Wildman–Crippen LogP) is 6.11. The van der Waals surface area contributed by atoms with Crippen LogP contribution in [0.3, 0.4) is 0 Å². The summed E-state index contributed by atoms with van der Waals surface area (Å²) in [6.07, 6.45) is 0. The second-order valence-corrected chi connectivity index (χ2v) is 9.00. The molecule has 0 amide bonds. The standard InChI is InChI=1S/C28H25NOS/c30-25-18-10-17-24(26(25)27-29-19-20-31-27)28(21-11-4-1-5-12-21,22-13-6-2-7-14-22)23-15-8-3-9-16-23/h1-18,27,29-30H,19-20H2. The third kappa shape index (κ3) is 3.44. The molecule has 2 nitrogen and oxygen atoms in total. The van der Waals surface area contributed by atoms with E-state index in [1.54, 1.807) is 0 Å². The highest BCUT2D eigenvalue weighted by Gasteiger charge is 2.42. The summed E-state index contributed by atoms with van der Waals surface area (Å²) in [5.74, 6) is 1.38. The van der Waals surface area contributed by atoms with Gasteiger partial charge in [0.1, 0.15) is 5.75 Å². The lowest BCUT2D eigenvalue weighted by Crippen LogP contribution is -2.33. The number of phenolic OH excluding ortho intramolecular Hbond substituents is 1. The van der Waals surface area contributed by atoms with Gasteiger partial charge in [-0.05, 0) is 28.3 Å². The first-order valence-corrected chi connectivity index (χ1v) is 11.7. The first-order valence-electron chi connectivity index (χ1n) is 10.7. The van der Waals surface area contributed by atoms with Gasteiger partial charge in [-0.25, -0.2) is 0 Å². The highest BCUT2D eigenvalue weighted by Crippen LogP contribution is 2.50. The average Bonchev–Trinajstić information content (AvgIpc) is 3.36. The largest absolute Gasteiger partial charge is 0.508 e. The van der Waals surface area contributed by atoms with E-state index in [0.717, 1.165) is 23.4 Å². The zero-order valence-corrected chi connectivity index (χ0v) is 18.1. The molecular formula is C28H25NOS. The summed E-state index contributed by atoms with van der Waals surface area (Å²) in [6.45, 7) is 0.943. The maximum absolute atomic E-state index is 11.1. The number of benzene rings is 4. The number of aromatic hydroxyl groups is 1. The number of rotatable bonds is 5. The first-order chi connectivity index (χ1) is 15.3. The lowest BCUT2D eigenvalue weighted by Gasteiger charge is -2.39. The maximum Gasteiger partial charge on any atom is 0.121 e. The second kappa shape index (κ2) is 8.62. The minimum Gasteiger partial charge on any atom is -0.508 e. The van der Waals surface area contributed by atoms with Crippen molar-refractivity contribution >= 4 is 11.8 Å². The number of nitrogens with one attached hydrogen (secondary N) is 1. The van der Waals surface area contributed by atoms with Crippen molar-refractivity contribution in [2.75, 3.05) is 12.3 Å². The van der Waals surface area contributed by atoms with Crippen LogP contribution >= 0.6 is 11.8 Å². The van der Waals surface area contributed by atoms with E-state index in [1.807, 2.05) is 23.9 Å². The quantitative estimate of drug-likeness (QED) is 0.380. The Kier molecular flexibility index (Phi) is 5.54. The predicted molar refractivity (Wildman–Crippen MR) is 130 cm³/mol. The molecule has 1 saturated heterocycles. The molecule has 0 aromatic heterocycles. The fourth-order valence-corrected chi connectivity index (χ4v) is 5.92. The molecule has 0 spiro atoms. The van der Waals surface area contributed by atoms with Crippen molar-refractivity contribution in [3.63, 3.8) is 0 Å². The van der Waals surface area contributed by atoms with E-state index >= 15 is 0 Å². The van der Waals surface area contributed by atoms with Gasteiger partial charge in [0.25, 0.3) is 0 Å². The van der Waals surface area contributed by atoms with Crippen LogP contribution in [0.5, 0.6) is 5.75 Å². The summed E-state index contributed by atoms with van der Waals surface area (Å²) < 4.78 is 0. The maximum atomic E-state index is 11.1. The molecule has 1 fully saturated rings. The third-order valence-electron chi connectivity index (χ3n) is 6.09. The zero-order chi connectivity index (χ0) is 21.1. The van der Waals surface area contributed by atoms with Crippen molar-refractivity contribution in [1.82, 2.24) is 5.32 Å². The van der Waals surface area contributed by atoms with Crippen molar-refractivity contribution in [3.8, 4) is 5.75 Å². The first kappa shape index (κ1) is 19.9. The zero-order valence-electron chi connectivity index (χ0n) is 17.2. The highest BCUT2D eigenvalue weighted by atomic mass is 32.2. The van der Waals surface area contributed by atoms with E-state index in [1.165, 1.54) is 16.7 Å². The normalized spacial score (nSPS) is 16.3. The van der Waals surface area contributed by atoms with Crippen LogP contribution in [0, 0.1) is 0 Å². The molecule has 2 N–H and O–H groups in total. The van der Waals surface area contributed by atoms with Crippen LogP contribution in [0.4, 0.5) is 0 Å². The van der Waals surface area contributed by atoms with Crippen molar-refractivity contribution in [3.05, 3.63) is 137 Å². The Bertz CT molecular complexity index is 1040. The minimum atomic E-state index is -0.553. The van der Waals surface area contributed by atoms with Crippen LogP contribution in [0.25, 0.3) is 0 Å². The molecule has 1 aliphatic rings. The summed E-state index contributed by atoms with van der Waals surface area (Å²) in [5.41, 5.74) is 5.08. The molecule has 5 rings (SSSR count). The van der Waals surface area contributed by atoms with Gasteiger partial charge in [0.2, 0.25) is 0 Å². The van der Waals surface area contributed by atoms with Gasteiger partial charge >= 0.3 is 0 Å². The number of thioether (sulfide) groups is 1. The number of hydrogen-bond acceptors (Lipinski definition) is 3. The molecular weight excluding hydrogens is 398 g/mol. The number of hydrogen-bond donors (Lipinski definition) is 2. The van der Waals surface area contributed by atoms with E-state index in [-0.39, 0.29) is 5.37 Å². The summed E-state index contributed by atoms with van der Waals surface area (Å²) in [4.78, 5) is 0. The SMILES string of the molecule is Oc1cccc(C(c2ccccc2)(c2ccccc2)c2ccccc2)c1C1NCCS1. The van der Waals surface area contributed by atoms with Gasteiger partial charge in [0.05, 0.1) is 10.8 Å². The molecule has 31 heavy (non-hydrogen) atoms. The third-order valence-corrected chi connectivity index (χ3v) is 7.26. The average molecular weight is 424 g/mol. The van der Waals surface area contributed by atoms with Crippen molar-refractivity contribution in [2.45, 2.75) is 10.8 Å². The van der Waals surface area contributed by atoms with Crippen LogP contribution in [-0.4, -0.2) is 17.4 Å². The Morgan fingerprint density at radius 3 is 1.65 bits per heavy atom. The van der Waals surface area contributed by atoms with E-state index < -0.39 is 5.41 Å². The fraction of sp³-hybridized carbons (Fsp3) is 0.143. The minimum absolute atomic E-state index is 0.0618. The lowest BCUT2D eigenvalue weighted by molar-refractivity contribution is 0.462. The Hall–Kier alpha value is -3.01. The molecule has 1 unspecified atom stereocenters. The van der Waals surface area contributed by atoms with Gasteiger partial charge in [-0.2, -0.15) is 0 Å². The van der Waals surface area contributed by atoms with E-state index in [2.05, 4.69) is 102 Å².